The minimum Gasteiger partial charge on any atom is -0.478 e. The van der Waals surface area contributed by atoms with Crippen LogP contribution in [0.4, 0.5) is 10.5 Å². The van der Waals surface area contributed by atoms with E-state index in [2.05, 4.69) is 10.6 Å². The van der Waals surface area contributed by atoms with Crippen LogP contribution in [0.25, 0.3) is 0 Å². The summed E-state index contributed by atoms with van der Waals surface area (Å²) in [6, 6.07) is 2.36. The summed E-state index contributed by atoms with van der Waals surface area (Å²) in [7, 11) is 0. The fraction of sp³-hybridized carbons (Fsp3) is 0.308. The zero-order valence-electron chi connectivity index (χ0n) is 11.5. The lowest BCUT2D eigenvalue weighted by Gasteiger charge is -2.14. The maximum atomic E-state index is 11.7. The molecule has 1 unspecified atom stereocenters. The first kappa shape index (κ1) is 16.8. The van der Waals surface area contributed by atoms with Gasteiger partial charge in [0.15, 0.2) is 0 Å². The van der Waals surface area contributed by atoms with Crippen molar-refractivity contribution in [1.82, 2.24) is 5.32 Å². The van der Waals surface area contributed by atoms with Gasteiger partial charge >= 0.3 is 18.0 Å². The molecule has 0 saturated heterocycles. The molecule has 0 aliphatic carbocycles. The summed E-state index contributed by atoms with van der Waals surface area (Å²) in [5.74, 6) is -1.71. The number of carboxylic acid groups (broad SMARTS) is 1. The number of esters is 1. The van der Waals surface area contributed by atoms with Gasteiger partial charge < -0.3 is 20.5 Å². The van der Waals surface area contributed by atoms with Gasteiger partial charge in [-0.15, -0.1) is 0 Å². The predicted molar refractivity (Wildman–Crippen MR) is 76.7 cm³/mol. The number of halogens is 1. The van der Waals surface area contributed by atoms with Crippen LogP contribution in [0, 0.1) is 0 Å². The molecule has 8 heteroatoms. The van der Waals surface area contributed by atoms with Crippen LogP contribution < -0.4 is 10.6 Å². The van der Waals surface area contributed by atoms with E-state index < -0.39 is 24.0 Å². The Kier molecular flexibility index (Phi) is 5.98. The molecule has 2 amide bonds. The van der Waals surface area contributed by atoms with Crippen LogP contribution in [0.5, 0.6) is 0 Å². The average Bonchev–Trinajstić information content (AvgIpc) is 2.41. The van der Waals surface area contributed by atoms with Crippen LogP contribution in [0.1, 0.15) is 24.2 Å². The molecule has 114 valence electrons. The number of carbonyl (C=O) groups excluding carboxylic acids is 2. The Morgan fingerprint density at radius 1 is 1.38 bits per heavy atom. The first-order chi connectivity index (χ1) is 9.85. The van der Waals surface area contributed by atoms with E-state index in [9.17, 15) is 14.4 Å². The second kappa shape index (κ2) is 7.49. The largest absolute Gasteiger partial charge is 0.478 e. The molecule has 0 heterocycles. The summed E-state index contributed by atoms with van der Waals surface area (Å²) in [6.45, 7) is 3.33. The van der Waals surface area contributed by atoms with Crippen molar-refractivity contribution >= 4 is 35.3 Å². The van der Waals surface area contributed by atoms with Gasteiger partial charge in [0.2, 0.25) is 0 Å². The lowest BCUT2D eigenvalue weighted by Crippen LogP contribution is -2.41. The van der Waals surface area contributed by atoms with Gasteiger partial charge in [0, 0.05) is 0 Å². The quantitative estimate of drug-likeness (QED) is 0.722. The molecule has 1 atom stereocenters. The van der Waals surface area contributed by atoms with Gasteiger partial charge in [-0.2, -0.15) is 0 Å². The highest BCUT2D eigenvalue weighted by Crippen LogP contribution is 2.23. The van der Waals surface area contributed by atoms with Gasteiger partial charge in [0.1, 0.15) is 6.04 Å². The van der Waals surface area contributed by atoms with Crippen molar-refractivity contribution in [3.63, 3.8) is 0 Å². The van der Waals surface area contributed by atoms with E-state index in [1.165, 1.54) is 25.1 Å². The van der Waals surface area contributed by atoms with Crippen molar-refractivity contribution in [2.45, 2.75) is 19.9 Å². The zero-order chi connectivity index (χ0) is 16.0. The van der Waals surface area contributed by atoms with Gasteiger partial charge in [-0.1, -0.05) is 11.6 Å². The molecule has 0 aromatic heterocycles. The molecule has 1 rings (SSSR count). The van der Waals surface area contributed by atoms with E-state index in [1.54, 1.807) is 6.92 Å². The summed E-state index contributed by atoms with van der Waals surface area (Å²) >= 11 is 5.87. The van der Waals surface area contributed by atoms with E-state index in [4.69, 9.17) is 21.4 Å². The molecular weight excluding hydrogens is 300 g/mol. The molecule has 0 bridgehead atoms. The van der Waals surface area contributed by atoms with E-state index in [1.807, 2.05) is 0 Å². The van der Waals surface area contributed by atoms with Gasteiger partial charge in [0.25, 0.3) is 0 Å². The van der Waals surface area contributed by atoms with E-state index in [0.717, 1.165) is 0 Å². The van der Waals surface area contributed by atoms with Crippen molar-refractivity contribution < 1.29 is 24.2 Å². The summed E-state index contributed by atoms with van der Waals surface area (Å²) in [4.78, 5) is 34.0. The summed E-state index contributed by atoms with van der Waals surface area (Å²) in [5.41, 5.74) is 0.110. The van der Waals surface area contributed by atoms with Gasteiger partial charge in [-0.3, -0.25) is 0 Å². The Morgan fingerprint density at radius 2 is 2.05 bits per heavy atom. The van der Waals surface area contributed by atoms with Crippen LogP contribution in [-0.4, -0.2) is 35.7 Å². The van der Waals surface area contributed by atoms with Gasteiger partial charge in [-0.25, -0.2) is 14.4 Å². The van der Waals surface area contributed by atoms with Crippen LogP contribution in [0.3, 0.4) is 0 Å². The Morgan fingerprint density at radius 3 is 2.62 bits per heavy atom. The molecular formula is C13H15ClN2O5. The van der Waals surface area contributed by atoms with Crippen molar-refractivity contribution in [1.29, 1.82) is 0 Å². The molecule has 0 fully saturated rings. The number of anilines is 1. The molecule has 0 spiro atoms. The second-order valence-electron chi connectivity index (χ2n) is 4.07. The Labute approximate surface area is 126 Å². The smallest absolute Gasteiger partial charge is 0.335 e. The van der Waals surface area contributed by atoms with Crippen molar-refractivity contribution in [3.05, 3.63) is 28.8 Å². The van der Waals surface area contributed by atoms with Gasteiger partial charge in [0.05, 0.1) is 22.9 Å². The first-order valence-corrected chi connectivity index (χ1v) is 6.50. The highest BCUT2D eigenvalue weighted by molar-refractivity contribution is 6.33. The van der Waals surface area contributed by atoms with Gasteiger partial charge in [-0.05, 0) is 32.0 Å². The maximum Gasteiger partial charge on any atom is 0.335 e. The molecule has 21 heavy (non-hydrogen) atoms. The predicted octanol–water partition coefficient (Wildman–Crippen LogP) is 2.11. The van der Waals surface area contributed by atoms with Crippen LogP contribution in [0.2, 0.25) is 5.02 Å². The third-order valence-electron chi connectivity index (χ3n) is 2.45. The Bertz CT molecular complexity index is 561. The SMILES string of the molecule is CCOC(=O)C(C)NC(=O)Nc1cc(C(=O)O)ccc1Cl. The number of hydrogen-bond acceptors (Lipinski definition) is 4. The number of carbonyl (C=O) groups is 3. The highest BCUT2D eigenvalue weighted by atomic mass is 35.5. The number of rotatable bonds is 5. The monoisotopic (exact) mass is 314 g/mol. The van der Waals surface area contributed by atoms with Crippen LogP contribution in [0.15, 0.2) is 18.2 Å². The summed E-state index contributed by atoms with van der Waals surface area (Å²) in [5, 5.41) is 13.8. The molecule has 1 aromatic carbocycles. The summed E-state index contributed by atoms with van der Waals surface area (Å²) < 4.78 is 4.74. The minimum atomic E-state index is -1.14. The highest BCUT2D eigenvalue weighted by Gasteiger charge is 2.17. The minimum absolute atomic E-state index is 0.0202. The zero-order valence-corrected chi connectivity index (χ0v) is 12.2. The van der Waals surface area contributed by atoms with Crippen molar-refractivity contribution in [2.24, 2.45) is 0 Å². The maximum absolute atomic E-state index is 11.7. The van der Waals surface area contributed by atoms with Crippen molar-refractivity contribution in [2.75, 3.05) is 11.9 Å². The fourth-order valence-electron chi connectivity index (χ4n) is 1.44. The molecule has 1 aromatic rings. The second-order valence-corrected chi connectivity index (χ2v) is 4.48. The number of hydrogen-bond donors (Lipinski definition) is 3. The standard InChI is InChI=1S/C13H15ClN2O5/c1-3-21-12(19)7(2)15-13(20)16-10-6-8(11(17)18)4-5-9(10)14/h4-7H,3H2,1-2H3,(H,17,18)(H2,15,16,20). The molecule has 3 N–H and O–H groups in total. The first-order valence-electron chi connectivity index (χ1n) is 6.12. The van der Waals surface area contributed by atoms with E-state index >= 15 is 0 Å². The average molecular weight is 315 g/mol. The molecule has 0 aliphatic rings. The number of benzene rings is 1. The molecule has 0 radical (unpaired) electrons. The third-order valence-corrected chi connectivity index (χ3v) is 2.78. The normalized spacial score (nSPS) is 11.4. The number of urea groups is 1. The van der Waals surface area contributed by atoms with Crippen molar-refractivity contribution in [3.8, 4) is 0 Å². The molecule has 0 saturated carbocycles. The number of carboxylic acids is 1. The number of nitrogens with one attached hydrogen (secondary N) is 2. The fourth-order valence-corrected chi connectivity index (χ4v) is 1.60. The summed E-state index contributed by atoms with van der Waals surface area (Å²) in [6.07, 6.45) is 0. The van der Waals surface area contributed by atoms with Crippen LogP contribution in [-0.2, 0) is 9.53 Å². The number of amides is 2. The van der Waals surface area contributed by atoms with Crippen LogP contribution >= 0.6 is 11.6 Å². The Balaban J connectivity index is 2.72. The third kappa shape index (κ3) is 4.96. The topological polar surface area (TPSA) is 105 Å². The lowest BCUT2D eigenvalue weighted by molar-refractivity contribution is -0.144. The molecule has 0 aliphatic heterocycles. The van der Waals surface area contributed by atoms with E-state index in [-0.39, 0.29) is 22.9 Å². The number of ether oxygens (including phenoxy) is 1. The molecule has 7 nitrogen and oxygen atoms in total. The number of aromatic carboxylic acids is 1. The lowest BCUT2D eigenvalue weighted by atomic mass is 10.2. The Hall–Kier alpha value is -2.28. The van der Waals surface area contributed by atoms with E-state index in [0.29, 0.717) is 0 Å².